The van der Waals surface area contributed by atoms with Crippen LogP contribution in [0.25, 0.3) is 0 Å². The molecule has 3 nitrogen and oxygen atoms in total. The van der Waals surface area contributed by atoms with E-state index in [1.807, 2.05) is 31.2 Å². The molecule has 0 heterocycles. The highest BCUT2D eigenvalue weighted by Gasteiger charge is 2.16. The highest BCUT2D eigenvalue weighted by atomic mass is 16.5. The largest absolute Gasteiger partial charge is 0.490 e. The van der Waals surface area contributed by atoms with Crippen molar-refractivity contribution < 1.29 is 9.47 Å². The summed E-state index contributed by atoms with van der Waals surface area (Å²) in [6.07, 6.45) is 0.159. The van der Waals surface area contributed by atoms with Gasteiger partial charge in [0.1, 0.15) is 6.10 Å². The molecule has 0 aliphatic carbocycles. The molecule has 0 radical (unpaired) electrons. The number of nitrogens with one attached hydrogen (secondary N) is 1. The molecule has 18 heavy (non-hydrogen) atoms. The van der Waals surface area contributed by atoms with E-state index >= 15 is 0 Å². The number of rotatable bonds is 8. The smallest absolute Gasteiger partial charge is 0.161 e. The Labute approximate surface area is 110 Å². The van der Waals surface area contributed by atoms with Gasteiger partial charge in [-0.15, -0.1) is 0 Å². The fourth-order valence-electron chi connectivity index (χ4n) is 1.69. The van der Waals surface area contributed by atoms with E-state index in [0.717, 1.165) is 24.6 Å². The Hall–Kier alpha value is -1.22. The van der Waals surface area contributed by atoms with Gasteiger partial charge in [0, 0.05) is 6.54 Å². The maximum absolute atomic E-state index is 6.07. The summed E-state index contributed by atoms with van der Waals surface area (Å²) >= 11 is 0. The predicted octanol–water partition coefficient (Wildman–Crippen LogP) is 3.10. The van der Waals surface area contributed by atoms with Gasteiger partial charge >= 0.3 is 0 Å². The van der Waals surface area contributed by atoms with E-state index in [1.165, 1.54) is 0 Å². The molecule has 1 aromatic carbocycles. The zero-order chi connectivity index (χ0) is 13.4. The molecule has 1 unspecified atom stereocenters. The summed E-state index contributed by atoms with van der Waals surface area (Å²) < 4.78 is 11.7. The van der Waals surface area contributed by atoms with Crippen molar-refractivity contribution >= 4 is 0 Å². The average molecular weight is 251 g/mol. The molecule has 1 N–H and O–H groups in total. The summed E-state index contributed by atoms with van der Waals surface area (Å²) in [7, 11) is 0. The van der Waals surface area contributed by atoms with Gasteiger partial charge in [-0.1, -0.05) is 32.9 Å². The second-order valence-electron chi connectivity index (χ2n) is 4.59. The predicted molar refractivity (Wildman–Crippen MR) is 75.4 cm³/mol. The Balaban J connectivity index is 2.73. The van der Waals surface area contributed by atoms with Crippen LogP contribution in [0.1, 0.15) is 27.7 Å². The first-order valence-corrected chi connectivity index (χ1v) is 6.78. The van der Waals surface area contributed by atoms with Crippen molar-refractivity contribution in [2.45, 2.75) is 33.8 Å². The summed E-state index contributed by atoms with van der Waals surface area (Å²) in [6, 6.07) is 7.85. The summed E-state index contributed by atoms with van der Waals surface area (Å²) in [5.74, 6) is 2.11. The van der Waals surface area contributed by atoms with Crippen LogP contribution in [0.3, 0.4) is 0 Å². The van der Waals surface area contributed by atoms with E-state index in [2.05, 4.69) is 26.1 Å². The Bertz CT molecular complexity index is 339. The quantitative estimate of drug-likeness (QED) is 0.770. The third-order valence-electron chi connectivity index (χ3n) is 2.77. The van der Waals surface area contributed by atoms with E-state index in [9.17, 15) is 0 Å². The van der Waals surface area contributed by atoms with Crippen LogP contribution in [-0.4, -0.2) is 25.8 Å². The number of ether oxygens (including phenoxy) is 2. The van der Waals surface area contributed by atoms with Crippen LogP contribution in [0.2, 0.25) is 0 Å². The second-order valence-corrected chi connectivity index (χ2v) is 4.59. The lowest BCUT2D eigenvalue weighted by molar-refractivity contribution is 0.142. The molecule has 0 aromatic heterocycles. The monoisotopic (exact) mass is 251 g/mol. The molecule has 1 rings (SSSR count). The van der Waals surface area contributed by atoms with Crippen molar-refractivity contribution in [2.24, 2.45) is 5.92 Å². The minimum atomic E-state index is 0.159. The summed E-state index contributed by atoms with van der Waals surface area (Å²) in [5, 5.41) is 3.34. The number of hydrogen-bond donors (Lipinski definition) is 1. The molecule has 0 saturated heterocycles. The molecule has 0 aliphatic rings. The molecule has 3 heteroatoms. The van der Waals surface area contributed by atoms with Crippen LogP contribution in [0.4, 0.5) is 0 Å². The minimum Gasteiger partial charge on any atom is -0.490 e. The van der Waals surface area contributed by atoms with Gasteiger partial charge in [-0.25, -0.2) is 0 Å². The summed E-state index contributed by atoms with van der Waals surface area (Å²) in [6.45, 7) is 10.9. The van der Waals surface area contributed by atoms with Crippen molar-refractivity contribution in [3.05, 3.63) is 24.3 Å². The van der Waals surface area contributed by atoms with E-state index in [-0.39, 0.29) is 6.10 Å². The number of likely N-dealkylation sites (N-methyl/N-ethyl adjacent to an activating group) is 1. The van der Waals surface area contributed by atoms with Crippen molar-refractivity contribution in [3.63, 3.8) is 0 Å². The fraction of sp³-hybridized carbons (Fsp3) is 0.600. The standard InChI is InChI=1S/C15H25NO2/c1-5-16-11-15(12(3)4)18-14-10-8-7-9-13(14)17-6-2/h7-10,12,15-16H,5-6,11H2,1-4H3. The first kappa shape index (κ1) is 14.8. The minimum absolute atomic E-state index is 0.159. The van der Waals surface area contributed by atoms with Crippen LogP contribution in [0.15, 0.2) is 24.3 Å². The second kappa shape index (κ2) is 7.98. The topological polar surface area (TPSA) is 30.5 Å². The van der Waals surface area contributed by atoms with E-state index in [1.54, 1.807) is 0 Å². The summed E-state index contributed by atoms with van der Waals surface area (Å²) in [4.78, 5) is 0. The molecular weight excluding hydrogens is 226 g/mol. The van der Waals surface area contributed by atoms with Crippen molar-refractivity contribution in [3.8, 4) is 11.5 Å². The Morgan fingerprint density at radius 2 is 1.78 bits per heavy atom. The lowest BCUT2D eigenvalue weighted by atomic mass is 10.1. The Kier molecular flexibility index (Phi) is 6.58. The van der Waals surface area contributed by atoms with Gasteiger partial charge in [0.05, 0.1) is 6.61 Å². The van der Waals surface area contributed by atoms with Crippen molar-refractivity contribution in [1.82, 2.24) is 5.32 Å². The van der Waals surface area contributed by atoms with Crippen LogP contribution >= 0.6 is 0 Å². The van der Waals surface area contributed by atoms with Gasteiger partial charge in [-0.05, 0) is 31.5 Å². The number of hydrogen-bond acceptors (Lipinski definition) is 3. The van der Waals surface area contributed by atoms with Gasteiger partial charge < -0.3 is 14.8 Å². The van der Waals surface area contributed by atoms with E-state index in [4.69, 9.17) is 9.47 Å². The normalized spacial score (nSPS) is 12.5. The molecule has 1 aromatic rings. The number of para-hydroxylation sites is 2. The molecule has 0 saturated carbocycles. The third-order valence-corrected chi connectivity index (χ3v) is 2.77. The van der Waals surface area contributed by atoms with Gasteiger partial charge in [0.15, 0.2) is 11.5 Å². The lowest BCUT2D eigenvalue weighted by Gasteiger charge is -2.24. The highest BCUT2D eigenvalue weighted by molar-refractivity contribution is 5.39. The van der Waals surface area contributed by atoms with Gasteiger partial charge in [-0.2, -0.15) is 0 Å². The van der Waals surface area contributed by atoms with E-state index < -0.39 is 0 Å². The molecular formula is C15H25NO2. The Morgan fingerprint density at radius 3 is 2.33 bits per heavy atom. The molecule has 0 fully saturated rings. The maximum atomic E-state index is 6.07. The molecule has 0 bridgehead atoms. The number of benzene rings is 1. The molecule has 1 atom stereocenters. The summed E-state index contributed by atoms with van der Waals surface area (Å²) in [5.41, 5.74) is 0. The first-order valence-electron chi connectivity index (χ1n) is 6.78. The SMILES string of the molecule is CCNCC(Oc1ccccc1OCC)C(C)C. The van der Waals surface area contributed by atoms with Crippen LogP contribution < -0.4 is 14.8 Å². The first-order chi connectivity index (χ1) is 8.69. The van der Waals surface area contributed by atoms with Gasteiger partial charge in [0.25, 0.3) is 0 Å². The fourth-order valence-corrected chi connectivity index (χ4v) is 1.69. The highest BCUT2D eigenvalue weighted by Crippen LogP contribution is 2.28. The van der Waals surface area contributed by atoms with Crippen molar-refractivity contribution in [1.29, 1.82) is 0 Å². The maximum Gasteiger partial charge on any atom is 0.161 e. The molecule has 102 valence electrons. The molecule has 0 amide bonds. The Morgan fingerprint density at radius 1 is 1.11 bits per heavy atom. The third kappa shape index (κ3) is 4.57. The average Bonchev–Trinajstić information content (AvgIpc) is 2.36. The zero-order valence-electron chi connectivity index (χ0n) is 11.9. The van der Waals surface area contributed by atoms with Gasteiger partial charge in [0.2, 0.25) is 0 Å². The van der Waals surface area contributed by atoms with Crippen LogP contribution in [-0.2, 0) is 0 Å². The van der Waals surface area contributed by atoms with Gasteiger partial charge in [-0.3, -0.25) is 0 Å². The van der Waals surface area contributed by atoms with Crippen LogP contribution in [0, 0.1) is 5.92 Å². The molecule has 0 aliphatic heterocycles. The lowest BCUT2D eigenvalue weighted by Crippen LogP contribution is -2.35. The van der Waals surface area contributed by atoms with Crippen LogP contribution in [0.5, 0.6) is 11.5 Å². The van der Waals surface area contributed by atoms with Crippen molar-refractivity contribution in [2.75, 3.05) is 19.7 Å². The zero-order valence-corrected chi connectivity index (χ0v) is 11.9. The molecule has 0 spiro atoms. The van der Waals surface area contributed by atoms with E-state index in [0.29, 0.717) is 12.5 Å².